The van der Waals surface area contributed by atoms with E-state index in [9.17, 15) is 4.79 Å². The van der Waals surface area contributed by atoms with Gasteiger partial charge in [-0.1, -0.05) is 30.3 Å². The largest absolute Gasteiger partial charge is 0.405 e. The lowest BCUT2D eigenvalue weighted by atomic mass is 10.2. The molecule has 0 aliphatic carbocycles. The van der Waals surface area contributed by atoms with Gasteiger partial charge in [-0.2, -0.15) is 10.1 Å². The quantitative estimate of drug-likeness (QED) is 0.687. The van der Waals surface area contributed by atoms with Crippen molar-refractivity contribution in [3.05, 3.63) is 71.3 Å². The predicted molar refractivity (Wildman–Crippen MR) is 70.1 cm³/mol. The Hall–Kier alpha value is -2.96. The summed E-state index contributed by atoms with van der Waals surface area (Å²) in [6, 6.07) is 11.2. The molecule has 2 heterocycles. The normalized spacial score (nSPS) is 10.4. The van der Waals surface area contributed by atoms with Crippen molar-refractivity contribution in [3.8, 4) is 5.82 Å². The fourth-order valence-electron chi connectivity index (χ4n) is 1.65. The van der Waals surface area contributed by atoms with E-state index in [1.165, 1.54) is 23.5 Å². The van der Waals surface area contributed by atoms with E-state index in [0.29, 0.717) is 12.4 Å². The van der Waals surface area contributed by atoms with Crippen LogP contribution in [-0.4, -0.2) is 24.5 Å². The molecule has 0 radical (unpaired) electrons. The Morgan fingerprint density at radius 3 is 2.70 bits per heavy atom. The molecule has 0 saturated heterocycles. The van der Waals surface area contributed by atoms with Gasteiger partial charge in [-0.05, 0) is 5.56 Å². The second-order valence-electron chi connectivity index (χ2n) is 3.99. The van der Waals surface area contributed by atoms with Crippen LogP contribution in [0.25, 0.3) is 5.82 Å². The fourth-order valence-corrected chi connectivity index (χ4v) is 1.65. The second-order valence-corrected chi connectivity index (χ2v) is 3.99. The SMILES string of the molecule is O=c1nc(-n2cncn2)ccn1OCc1ccccc1. The van der Waals surface area contributed by atoms with Gasteiger partial charge in [0.1, 0.15) is 19.3 Å². The van der Waals surface area contributed by atoms with Crippen LogP contribution < -0.4 is 10.5 Å². The minimum atomic E-state index is -0.506. The van der Waals surface area contributed by atoms with Gasteiger partial charge < -0.3 is 4.84 Å². The summed E-state index contributed by atoms with van der Waals surface area (Å²) in [6.07, 6.45) is 4.35. The molecule has 100 valence electrons. The molecule has 0 atom stereocenters. The van der Waals surface area contributed by atoms with Crippen LogP contribution in [0.1, 0.15) is 5.56 Å². The predicted octanol–water partition coefficient (Wildman–Crippen LogP) is 0.453. The van der Waals surface area contributed by atoms with Gasteiger partial charge in [0.05, 0.1) is 6.20 Å². The van der Waals surface area contributed by atoms with E-state index in [1.807, 2.05) is 30.3 Å². The van der Waals surface area contributed by atoms with Crippen molar-refractivity contribution in [2.24, 2.45) is 0 Å². The van der Waals surface area contributed by atoms with Crippen LogP contribution in [0.15, 0.2) is 60.0 Å². The first-order chi connectivity index (χ1) is 9.83. The molecule has 0 aliphatic rings. The summed E-state index contributed by atoms with van der Waals surface area (Å²) < 4.78 is 2.50. The highest BCUT2D eigenvalue weighted by atomic mass is 16.7. The number of aromatic nitrogens is 5. The highest BCUT2D eigenvalue weighted by Crippen LogP contribution is 1.99. The van der Waals surface area contributed by atoms with E-state index in [2.05, 4.69) is 15.1 Å². The Bertz CT molecular complexity index is 737. The van der Waals surface area contributed by atoms with Gasteiger partial charge in [0.15, 0.2) is 5.82 Å². The van der Waals surface area contributed by atoms with Crippen LogP contribution in [0.4, 0.5) is 0 Å². The van der Waals surface area contributed by atoms with Gasteiger partial charge >= 0.3 is 5.69 Å². The van der Waals surface area contributed by atoms with Crippen molar-refractivity contribution < 1.29 is 4.84 Å². The molecule has 0 saturated carbocycles. The molecule has 0 unspecified atom stereocenters. The minimum absolute atomic E-state index is 0.297. The average Bonchev–Trinajstić information content (AvgIpc) is 3.01. The lowest BCUT2D eigenvalue weighted by molar-refractivity contribution is 0.0858. The van der Waals surface area contributed by atoms with E-state index >= 15 is 0 Å². The number of hydrogen-bond acceptors (Lipinski definition) is 5. The van der Waals surface area contributed by atoms with E-state index in [4.69, 9.17) is 4.84 Å². The summed E-state index contributed by atoms with van der Waals surface area (Å²) >= 11 is 0. The Morgan fingerprint density at radius 2 is 2.00 bits per heavy atom. The van der Waals surface area contributed by atoms with E-state index in [0.717, 1.165) is 10.3 Å². The molecule has 3 aromatic rings. The van der Waals surface area contributed by atoms with Crippen molar-refractivity contribution in [1.82, 2.24) is 24.5 Å². The zero-order valence-electron chi connectivity index (χ0n) is 10.5. The third-order valence-corrected chi connectivity index (χ3v) is 2.62. The fraction of sp³-hybridized carbons (Fsp3) is 0.0769. The highest BCUT2D eigenvalue weighted by Gasteiger charge is 2.03. The van der Waals surface area contributed by atoms with Gasteiger partial charge in [-0.25, -0.2) is 14.5 Å². The molecule has 0 N–H and O–H groups in total. The number of rotatable bonds is 4. The molecule has 7 nitrogen and oxygen atoms in total. The van der Waals surface area contributed by atoms with Crippen molar-refractivity contribution in [3.63, 3.8) is 0 Å². The Kier molecular flexibility index (Phi) is 3.24. The summed E-state index contributed by atoms with van der Waals surface area (Å²) in [5, 5.41) is 3.90. The molecule has 1 aromatic carbocycles. The lowest BCUT2D eigenvalue weighted by Crippen LogP contribution is -2.29. The first-order valence-electron chi connectivity index (χ1n) is 5.95. The van der Waals surface area contributed by atoms with Gasteiger partial charge in [0, 0.05) is 6.07 Å². The second kappa shape index (κ2) is 5.35. The first kappa shape index (κ1) is 12.1. The average molecular weight is 269 g/mol. The van der Waals surface area contributed by atoms with Crippen molar-refractivity contribution in [1.29, 1.82) is 0 Å². The van der Waals surface area contributed by atoms with E-state index in [1.54, 1.807) is 6.07 Å². The van der Waals surface area contributed by atoms with Crippen LogP contribution >= 0.6 is 0 Å². The van der Waals surface area contributed by atoms with Gasteiger partial charge in [0.25, 0.3) is 0 Å². The summed E-state index contributed by atoms with van der Waals surface area (Å²) in [4.78, 5) is 24.9. The zero-order valence-corrected chi connectivity index (χ0v) is 10.5. The third-order valence-electron chi connectivity index (χ3n) is 2.62. The molecule has 0 bridgehead atoms. The Labute approximate surface area is 114 Å². The van der Waals surface area contributed by atoms with Crippen LogP contribution in [0.3, 0.4) is 0 Å². The molecule has 0 amide bonds. The van der Waals surface area contributed by atoms with Crippen molar-refractivity contribution >= 4 is 0 Å². The molecule has 0 fully saturated rings. The summed E-state index contributed by atoms with van der Waals surface area (Å²) in [6.45, 7) is 0.297. The Balaban J connectivity index is 1.77. The summed E-state index contributed by atoms with van der Waals surface area (Å²) in [5.41, 5.74) is 0.466. The monoisotopic (exact) mass is 269 g/mol. The third kappa shape index (κ3) is 2.56. The maximum absolute atomic E-state index is 11.8. The van der Waals surface area contributed by atoms with Gasteiger partial charge in [-0.3, -0.25) is 0 Å². The van der Waals surface area contributed by atoms with Gasteiger partial charge in [-0.15, -0.1) is 4.73 Å². The maximum Gasteiger partial charge on any atom is 0.382 e. The number of nitrogens with zero attached hydrogens (tertiary/aromatic N) is 5. The van der Waals surface area contributed by atoms with Crippen molar-refractivity contribution in [2.45, 2.75) is 6.61 Å². The minimum Gasteiger partial charge on any atom is -0.405 e. The molecular formula is C13H11N5O2. The molecular weight excluding hydrogens is 258 g/mol. The molecule has 7 heteroatoms. The smallest absolute Gasteiger partial charge is 0.382 e. The van der Waals surface area contributed by atoms with Crippen LogP contribution in [0, 0.1) is 0 Å². The summed E-state index contributed by atoms with van der Waals surface area (Å²) in [5.74, 6) is 0.395. The highest BCUT2D eigenvalue weighted by molar-refractivity contribution is 5.16. The zero-order chi connectivity index (χ0) is 13.8. The van der Waals surface area contributed by atoms with E-state index < -0.39 is 5.69 Å². The molecule has 0 spiro atoms. The van der Waals surface area contributed by atoms with Gasteiger partial charge in [0.2, 0.25) is 0 Å². The molecule has 3 rings (SSSR count). The first-order valence-corrected chi connectivity index (χ1v) is 5.95. The molecule has 20 heavy (non-hydrogen) atoms. The standard InChI is InChI=1S/C13H11N5O2/c19-13-16-12(17-10-14-9-15-17)6-7-18(13)20-8-11-4-2-1-3-5-11/h1-7,9-10H,8H2. The number of hydrogen-bond donors (Lipinski definition) is 0. The molecule has 0 aliphatic heterocycles. The maximum atomic E-state index is 11.8. The van der Waals surface area contributed by atoms with Crippen LogP contribution in [0.2, 0.25) is 0 Å². The number of benzene rings is 1. The van der Waals surface area contributed by atoms with Crippen LogP contribution in [0.5, 0.6) is 0 Å². The molecule has 2 aromatic heterocycles. The Morgan fingerprint density at radius 1 is 1.15 bits per heavy atom. The topological polar surface area (TPSA) is 74.8 Å². The lowest BCUT2D eigenvalue weighted by Gasteiger charge is -2.08. The van der Waals surface area contributed by atoms with E-state index in [-0.39, 0.29) is 0 Å². The summed E-state index contributed by atoms with van der Waals surface area (Å²) in [7, 11) is 0. The van der Waals surface area contributed by atoms with Crippen molar-refractivity contribution in [2.75, 3.05) is 0 Å². The van der Waals surface area contributed by atoms with Crippen LogP contribution in [-0.2, 0) is 6.61 Å².